The third-order valence-corrected chi connectivity index (χ3v) is 3.87. The normalized spacial score (nSPS) is 26.8. The Morgan fingerprint density at radius 2 is 1.91 bits per heavy atom. The first-order chi connectivity index (χ1) is 10.0. The predicted octanol–water partition coefficient (Wildman–Crippen LogP) is 2.00. The molecule has 0 aliphatic carbocycles. The second kappa shape index (κ2) is 7.33. The van der Waals surface area contributed by atoms with Crippen molar-refractivity contribution in [2.75, 3.05) is 0 Å². The molecule has 0 saturated carbocycles. The minimum Gasteiger partial charge on any atom is -0.388 e. The number of nitrogens with zero attached hydrogens (tertiary/aromatic N) is 4. The van der Waals surface area contributed by atoms with Crippen molar-refractivity contribution in [3.63, 3.8) is 0 Å². The van der Waals surface area contributed by atoms with E-state index in [-0.39, 0.29) is 14.9 Å². The number of rotatable bonds is 3. The lowest BCUT2D eigenvalue weighted by atomic mass is 10.1. The molecule has 23 heavy (non-hydrogen) atoms. The van der Waals surface area contributed by atoms with Crippen LogP contribution in [0.2, 0.25) is 0 Å². The maximum atomic E-state index is 10.1. The number of fused-ring (bicyclic) bond motifs is 1. The zero-order chi connectivity index (χ0) is 15.1. The second-order valence-electron chi connectivity index (χ2n) is 5.51. The summed E-state index contributed by atoms with van der Waals surface area (Å²) in [6.45, 7) is 5.70. The number of hydrogen-bond donors (Lipinski definition) is 2. The molecule has 1 aliphatic heterocycles. The summed E-state index contributed by atoms with van der Waals surface area (Å²) in [5.74, 6) is 0.755. The fourth-order valence-electron chi connectivity index (χ4n) is 2.69. The van der Waals surface area contributed by atoms with Crippen LogP contribution in [0, 0.1) is 6.92 Å². The van der Waals surface area contributed by atoms with Crippen molar-refractivity contribution in [2.24, 2.45) is 0 Å². The lowest BCUT2D eigenvalue weighted by molar-refractivity contribution is -0.0299. The highest BCUT2D eigenvalue weighted by Crippen LogP contribution is 2.31. The van der Waals surface area contributed by atoms with Gasteiger partial charge in [0.25, 0.3) is 0 Å². The zero-order valence-corrected chi connectivity index (χ0v) is 12.4. The van der Waals surface area contributed by atoms with Gasteiger partial charge in [-0.3, -0.25) is 4.57 Å². The van der Waals surface area contributed by atoms with Crippen LogP contribution in [0.4, 0.5) is 0 Å². The van der Waals surface area contributed by atoms with E-state index in [0.717, 1.165) is 24.4 Å². The Morgan fingerprint density at radius 3 is 2.48 bits per heavy atom. The molecular formula is C16H28N4O3. The zero-order valence-electron chi connectivity index (χ0n) is 12.4. The summed E-state index contributed by atoms with van der Waals surface area (Å²) in [6.07, 6.45) is 0.310. The van der Waals surface area contributed by atoms with Gasteiger partial charge in [-0.25, -0.2) is 15.0 Å². The summed E-state index contributed by atoms with van der Waals surface area (Å²) in [5, 5.41) is 20.0. The number of imidazole rings is 1. The van der Waals surface area contributed by atoms with Crippen LogP contribution in [0.5, 0.6) is 0 Å². The number of aromatic nitrogens is 4. The van der Waals surface area contributed by atoms with Gasteiger partial charge in [0.2, 0.25) is 0 Å². The third-order valence-electron chi connectivity index (χ3n) is 3.87. The summed E-state index contributed by atoms with van der Waals surface area (Å²) in [7, 11) is 0. The van der Waals surface area contributed by atoms with Crippen molar-refractivity contribution in [1.82, 2.24) is 19.5 Å². The average molecular weight is 324 g/mol. The molecule has 0 radical (unpaired) electrons. The van der Waals surface area contributed by atoms with Gasteiger partial charge in [0, 0.05) is 6.42 Å². The third kappa shape index (κ3) is 3.22. The van der Waals surface area contributed by atoms with Crippen LogP contribution in [0.3, 0.4) is 0 Å². The molecule has 7 nitrogen and oxygen atoms in total. The fourth-order valence-corrected chi connectivity index (χ4v) is 2.69. The van der Waals surface area contributed by atoms with E-state index in [4.69, 9.17) is 4.74 Å². The van der Waals surface area contributed by atoms with Crippen molar-refractivity contribution in [3.05, 3.63) is 17.8 Å². The maximum Gasteiger partial charge on any atom is 0.166 e. The molecule has 1 unspecified atom stereocenters. The van der Waals surface area contributed by atoms with Gasteiger partial charge >= 0.3 is 0 Å². The molecule has 1 saturated heterocycles. The fraction of sp³-hybridized carbons (Fsp3) is 0.688. The molecule has 130 valence electrons. The van der Waals surface area contributed by atoms with Gasteiger partial charge in [0.1, 0.15) is 23.5 Å². The van der Waals surface area contributed by atoms with Crippen LogP contribution < -0.4 is 0 Å². The molecule has 4 atom stereocenters. The monoisotopic (exact) mass is 324 g/mol. The van der Waals surface area contributed by atoms with Gasteiger partial charge in [-0.2, -0.15) is 0 Å². The standard InChI is InChI=1S/C14H20N4O3.2CH4/c1-4-5-9-16-7(2)10-13(17-9)18(6-15-10)14-12(20)11(19)8(3)21-14;;/h6,8,11-12,14,19-20H,4-5H2,1-3H3;2*1H4/t8-,11+,12?,14-;;/m1../s1. The van der Waals surface area contributed by atoms with E-state index in [2.05, 4.69) is 21.9 Å². The molecule has 3 rings (SSSR count). The Balaban J connectivity index is 0.00000132. The predicted molar refractivity (Wildman–Crippen MR) is 89.1 cm³/mol. The Bertz CT molecular complexity index is 658. The van der Waals surface area contributed by atoms with Gasteiger partial charge in [-0.05, 0) is 20.3 Å². The van der Waals surface area contributed by atoms with Gasteiger partial charge in [-0.15, -0.1) is 0 Å². The first-order valence-corrected chi connectivity index (χ1v) is 7.24. The van der Waals surface area contributed by atoms with Crippen molar-refractivity contribution >= 4 is 11.2 Å². The molecule has 3 heterocycles. The first-order valence-electron chi connectivity index (χ1n) is 7.24. The molecule has 2 aromatic heterocycles. The van der Waals surface area contributed by atoms with E-state index in [1.807, 2.05) is 6.92 Å². The lowest BCUT2D eigenvalue weighted by Crippen LogP contribution is -2.30. The second-order valence-corrected chi connectivity index (χ2v) is 5.51. The number of aryl methyl sites for hydroxylation is 2. The van der Waals surface area contributed by atoms with E-state index >= 15 is 0 Å². The van der Waals surface area contributed by atoms with E-state index in [1.54, 1.807) is 17.8 Å². The van der Waals surface area contributed by atoms with Crippen LogP contribution in [-0.2, 0) is 11.2 Å². The van der Waals surface area contributed by atoms with Crippen LogP contribution in [0.15, 0.2) is 6.33 Å². The van der Waals surface area contributed by atoms with Crippen LogP contribution in [0.25, 0.3) is 11.2 Å². The SMILES string of the molecule is C.C.CCCc1nc(C)c2ncn([C@@H]3O[C@H](C)[C@H](O)C3O)c2n1. The van der Waals surface area contributed by atoms with Gasteiger partial charge < -0.3 is 14.9 Å². The lowest BCUT2D eigenvalue weighted by Gasteiger charge is -2.16. The van der Waals surface area contributed by atoms with E-state index in [9.17, 15) is 10.2 Å². The number of ether oxygens (including phenoxy) is 1. The largest absolute Gasteiger partial charge is 0.388 e. The van der Waals surface area contributed by atoms with E-state index in [0.29, 0.717) is 11.2 Å². The molecule has 1 fully saturated rings. The molecule has 2 N–H and O–H groups in total. The van der Waals surface area contributed by atoms with Gasteiger partial charge in [0.15, 0.2) is 11.9 Å². The molecule has 0 aromatic carbocycles. The highest BCUT2D eigenvalue weighted by molar-refractivity contribution is 5.73. The summed E-state index contributed by atoms with van der Waals surface area (Å²) in [4.78, 5) is 13.3. The summed E-state index contributed by atoms with van der Waals surface area (Å²) >= 11 is 0. The smallest absolute Gasteiger partial charge is 0.166 e. The molecule has 0 amide bonds. The highest BCUT2D eigenvalue weighted by atomic mass is 16.6. The molecule has 1 aliphatic rings. The summed E-state index contributed by atoms with van der Waals surface area (Å²) < 4.78 is 7.32. The maximum absolute atomic E-state index is 10.1. The van der Waals surface area contributed by atoms with Crippen molar-refractivity contribution in [3.8, 4) is 0 Å². The molecule has 0 bridgehead atoms. The number of aliphatic hydroxyl groups is 2. The number of aliphatic hydroxyl groups excluding tert-OH is 2. The highest BCUT2D eigenvalue weighted by Gasteiger charge is 2.42. The van der Waals surface area contributed by atoms with Crippen LogP contribution in [0.1, 0.15) is 52.9 Å². The Morgan fingerprint density at radius 1 is 1.22 bits per heavy atom. The van der Waals surface area contributed by atoms with E-state index in [1.165, 1.54) is 0 Å². The molecular weight excluding hydrogens is 296 g/mol. The molecule has 7 heteroatoms. The van der Waals surface area contributed by atoms with Crippen molar-refractivity contribution in [1.29, 1.82) is 0 Å². The minimum atomic E-state index is -0.998. The summed E-state index contributed by atoms with van der Waals surface area (Å²) in [6, 6.07) is 0. The minimum absolute atomic E-state index is 0. The van der Waals surface area contributed by atoms with Gasteiger partial charge in [-0.1, -0.05) is 21.8 Å². The topological polar surface area (TPSA) is 93.3 Å². The number of hydrogen-bond acceptors (Lipinski definition) is 6. The quantitative estimate of drug-likeness (QED) is 0.897. The Labute approximate surface area is 137 Å². The Hall–Kier alpha value is -1.57. The summed E-state index contributed by atoms with van der Waals surface area (Å²) in [5.41, 5.74) is 2.14. The average Bonchev–Trinajstić information content (AvgIpc) is 2.96. The Kier molecular flexibility index (Phi) is 6.21. The van der Waals surface area contributed by atoms with Crippen molar-refractivity contribution in [2.45, 2.75) is 73.0 Å². The molecule has 0 spiro atoms. The van der Waals surface area contributed by atoms with Crippen LogP contribution >= 0.6 is 0 Å². The molecule has 2 aromatic rings. The van der Waals surface area contributed by atoms with E-state index < -0.39 is 24.5 Å². The first kappa shape index (κ1) is 19.5. The van der Waals surface area contributed by atoms with Gasteiger partial charge in [0.05, 0.1) is 18.1 Å². The van der Waals surface area contributed by atoms with Crippen molar-refractivity contribution < 1.29 is 14.9 Å². The van der Waals surface area contributed by atoms with Crippen LogP contribution in [-0.4, -0.2) is 48.0 Å².